The number of hydrogen-bond donors (Lipinski definition) is 1. The van der Waals surface area contributed by atoms with Crippen LogP contribution >= 0.6 is 0 Å². The summed E-state index contributed by atoms with van der Waals surface area (Å²) in [6.45, 7) is 1.93. The Kier molecular flexibility index (Phi) is 5.47. The summed E-state index contributed by atoms with van der Waals surface area (Å²) < 4.78 is 11.4. The third-order valence-electron chi connectivity index (χ3n) is 5.68. The number of carbonyl (C=O) groups is 2. The van der Waals surface area contributed by atoms with E-state index in [4.69, 9.17) is 9.15 Å². The average Bonchev–Trinajstić information content (AvgIpc) is 3.47. The molecule has 1 atom stereocenters. The van der Waals surface area contributed by atoms with Crippen LogP contribution in [0, 0.1) is 6.92 Å². The Morgan fingerprint density at radius 3 is 2.18 bits per heavy atom. The molecule has 6 nitrogen and oxygen atoms in total. The van der Waals surface area contributed by atoms with Gasteiger partial charge in [-0.15, -0.1) is 0 Å². The molecule has 168 valence electrons. The van der Waals surface area contributed by atoms with Crippen molar-refractivity contribution in [1.82, 2.24) is 0 Å². The van der Waals surface area contributed by atoms with Crippen molar-refractivity contribution in [2.24, 2.45) is 0 Å². The highest BCUT2D eigenvalue weighted by Gasteiger charge is 2.48. The number of carbonyl (C=O) groups excluding carboxylic acids is 2. The van der Waals surface area contributed by atoms with Crippen LogP contribution in [0.3, 0.4) is 0 Å². The van der Waals surface area contributed by atoms with E-state index in [2.05, 4.69) is 0 Å². The summed E-state index contributed by atoms with van der Waals surface area (Å²) in [5, 5.41) is 11.1. The molecular weight excluding hydrogens is 430 g/mol. The van der Waals surface area contributed by atoms with Crippen LogP contribution in [-0.2, 0) is 9.59 Å². The second-order valence-electron chi connectivity index (χ2n) is 7.96. The molecule has 0 radical (unpaired) electrons. The molecule has 3 aromatic carbocycles. The van der Waals surface area contributed by atoms with Gasteiger partial charge in [-0.1, -0.05) is 48.0 Å². The van der Waals surface area contributed by atoms with Crippen molar-refractivity contribution in [2.75, 3.05) is 4.90 Å². The van der Waals surface area contributed by atoms with E-state index in [0.717, 1.165) is 5.56 Å². The maximum absolute atomic E-state index is 13.1. The lowest BCUT2D eigenvalue weighted by atomic mass is 9.98. The number of amides is 1. The largest absolute Gasteiger partial charge is 0.507 e. The summed E-state index contributed by atoms with van der Waals surface area (Å²) in [7, 11) is 0. The molecule has 1 aliphatic rings. The minimum atomic E-state index is -0.905. The summed E-state index contributed by atoms with van der Waals surface area (Å²) in [4.78, 5) is 27.6. The highest BCUT2D eigenvalue weighted by atomic mass is 16.5. The Morgan fingerprint density at radius 1 is 0.853 bits per heavy atom. The Labute approximate surface area is 196 Å². The van der Waals surface area contributed by atoms with Gasteiger partial charge in [0, 0.05) is 11.3 Å². The number of Topliss-reactive ketones (excluding diaryl/α,β-unsaturated/α-hetero) is 1. The molecule has 1 N–H and O–H groups in total. The van der Waals surface area contributed by atoms with Gasteiger partial charge in [-0.3, -0.25) is 14.5 Å². The molecule has 2 heterocycles. The molecule has 0 aliphatic carbocycles. The van der Waals surface area contributed by atoms with Crippen LogP contribution in [0.15, 0.2) is 107 Å². The van der Waals surface area contributed by atoms with Crippen molar-refractivity contribution < 1.29 is 23.8 Å². The lowest BCUT2D eigenvalue weighted by molar-refractivity contribution is -0.132. The van der Waals surface area contributed by atoms with Crippen LogP contribution in [0.25, 0.3) is 5.76 Å². The van der Waals surface area contributed by atoms with Crippen LogP contribution < -0.4 is 9.64 Å². The number of furan rings is 1. The molecule has 1 aliphatic heterocycles. The molecule has 1 saturated heterocycles. The van der Waals surface area contributed by atoms with Crippen LogP contribution in [0.2, 0.25) is 0 Å². The second kappa shape index (κ2) is 8.75. The Bertz CT molecular complexity index is 1350. The molecule has 1 aromatic heterocycles. The molecular formula is C28H21NO5. The first kappa shape index (κ1) is 21.3. The van der Waals surface area contributed by atoms with Gasteiger partial charge in [0.25, 0.3) is 11.7 Å². The van der Waals surface area contributed by atoms with E-state index in [9.17, 15) is 14.7 Å². The number of para-hydroxylation sites is 1. The number of hydrogen-bond acceptors (Lipinski definition) is 5. The maximum atomic E-state index is 13.1. The third-order valence-corrected chi connectivity index (χ3v) is 5.68. The molecule has 0 saturated carbocycles. The Balaban J connectivity index is 1.55. The molecule has 6 heteroatoms. The molecule has 1 unspecified atom stereocenters. The first-order valence-corrected chi connectivity index (χ1v) is 10.8. The first-order chi connectivity index (χ1) is 16.5. The van der Waals surface area contributed by atoms with Gasteiger partial charge < -0.3 is 14.3 Å². The summed E-state index contributed by atoms with van der Waals surface area (Å²) in [6, 6.07) is 25.7. The number of ketones is 1. The Hall–Kier alpha value is -4.58. The van der Waals surface area contributed by atoms with Crippen molar-refractivity contribution >= 4 is 23.1 Å². The van der Waals surface area contributed by atoms with Crippen molar-refractivity contribution in [3.8, 4) is 11.5 Å². The van der Waals surface area contributed by atoms with Gasteiger partial charge in [-0.2, -0.15) is 0 Å². The number of aryl methyl sites for hydroxylation is 1. The maximum Gasteiger partial charge on any atom is 0.300 e. The SMILES string of the molecule is Cc1ccc(/C(O)=C2/C(=O)C(=O)N(c3ccc(Oc4ccccc4)cc3)C2c2ccco2)cc1. The monoisotopic (exact) mass is 451 g/mol. The van der Waals surface area contributed by atoms with Gasteiger partial charge in [0.2, 0.25) is 0 Å². The van der Waals surface area contributed by atoms with Crippen LogP contribution in [0.5, 0.6) is 11.5 Å². The minimum absolute atomic E-state index is 0.0200. The van der Waals surface area contributed by atoms with Gasteiger partial charge in [-0.25, -0.2) is 0 Å². The highest BCUT2D eigenvalue weighted by Crippen LogP contribution is 2.42. The summed E-state index contributed by atoms with van der Waals surface area (Å²) >= 11 is 0. The van der Waals surface area contributed by atoms with E-state index in [1.165, 1.54) is 11.2 Å². The lowest BCUT2D eigenvalue weighted by Crippen LogP contribution is -2.29. The van der Waals surface area contributed by atoms with E-state index in [-0.39, 0.29) is 11.3 Å². The average molecular weight is 451 g/mol. The number of nitrogens with zero attached hydrogens (tertiary/aromatic N) is 1. The predicted molar refractivity (Wildman–Crippen MR) is 128 cm³/mol. The smallest absolute Gasteiger partial charge is 0.300 e. The standard InChI is InChI=1S/C28H21NO5/c1-18-9-11-19(12-10-18)26(30)24-25(23-8-5-17-33-23)29(28(32)27(24)31)20-13-15-22(16-14-20)34-21-6-3-2-4-7-21/h2-17,25,30H,1H3/b26-24-. The number of aliphatic hydroxyl groups is 1. The molecule has 1 amide bonds. The van der Waals surface area contributed by atoms with E-state index < -0.39 is 17.7 Å². The van der Waals surface area contributed by atoms with Crippen LogP contribution in [0.4, 0.5) is 5.69 Å². The van der Waals surface area contributed by atoms with E-state index >= 15 is 0 Å². The van der Waals surface area contributed by atoms with Crippen molar-refractivity contribution in [1.29, 1.82) is 0 Å². The number of rotatable bonds is 5. The number of benzene rings is 3. The summed E-state index contributed by atoms with van der Waals surface area (Å²) in [5.41, 5.74) is 1.92. The number of ether oxygens (including phenoxy) is 1. The third kappa shape index (κ3) is 3.86. The quantitative estimate of drug-likeness (QED) is 0.228. The van der Waals surface area contributed by atoms with Crippen molar-refractivity contribution in [3.05, 3.63) is 120 Å². The fourth-order valence-corrected chi connectivity index (χ4v) is 3.98. The fourth-order valence-electron chi connectivity index (χ4n) is 3.98. The first-order valence-electron chi connectivity index (χ1n) is 10.8. The number of anilines is 1. The molecule has 34 heavy (non-hydrogen) atoms. The zero-order valence-corrected chi connectivity index (χ0v) is 18.3. The van der Waals surface area contributed by atoms with Crippen molar-refractivity contribution in [2.45, 2.75) is 13.0 Å². The minimum Gasteiger partial charge on any atom is -0.507 e. The molecule has 5 rings (SSSR count). The predicted octanol–water partition coefficient (Wildman–Crippen LogP) is 6.01. The number of aliphatic hydroxyl groups excluding tert-OH is 1. The fraction of sp³-hybridized carbons (Fsp3) is 0.0714. The topological polar surface area (TPSA) is 80.0 Å². The van der Waals surface area contributed by atoms with Gasteiger partial charge in [0.05, 0.1) is 11.8 Å². The molecule has 4 aromatic rings. The Morgan fingerprint density at radius 2 is 1.53 bits per heavy atom. The summed E-state index contributed by atoms with van der Waals surface area (Å²) in [5.74, 6) is -0.121. The van der Waals surface area contributed by atoms with Crippen LogP contribution in [-0.4, -0.2) is 16.8 Å². The van der Waals surface area contributed by atoms with E-state index in [0.29, 0.717) is 28.5 Å². The van der Waals surface area contributed by atoms with Gasteiger partial charge >= 0.3 is 0 Å². The molecule has 0 spiro atoms. The van der Waals surface area contributed by atoms with E-state index in [1.54, 1.807) is 48.5 Å². The van der Waals surface area contributed by atoms with Gasteiger partial charge in [0.1, 0.15) is 29.1 Å². The second-order valence-corrected chi connectivity index (χ2v) is 7.96. The molecule has 0 bridgehead atoms. The van der Waals surface area contributed by atoms with Gasteiger partial charge in [0.15, 0.2) is 0 Å². The lowest BCUT2D eigenvalue weighted by Gasteiger charge is -2.23. The molecule has 1 fully saturated rings. The van der Waals surface area contributed by atoms with Crippen LogP contribution in [0.1, 0.15) is 22.9 Å². The zero-order valence-electron chi connectivity index (χ0n) is 18.3. The highest BCUT2D eigenvalue weighted by molar-refractivity contribution is 6.51. The van der Waals surface area contributed by atoms with Crippen molar-refractivity contribution in [3.63, 3.8) is 0 Å². The van der Waals surface area contributed by atoms with Gasteiger partial charge in [-0.05, 0) is 55.5 Å². The zero-order chi connectivity index (χ0) is 23.7. The normalized spacial score (nSPS) is 17.2. The summed E-state index contributed by atoms with van der Waals surface area (Å²) in [6.07, 6.45) is 1.47. The van der Waals surface area contributed by atoms with E-state index in [1.807, 2.05) is 49.4 Å².